The van der Waals surface area contributed by atoms with Crippen LogP contribution in [0.25, 0.3) is 11.0 Å². The standard InChI is InChI=1S/C12H16FN3O/c1-8(2)14-5-6-17-12-15-10-4-3-9(13)7-11(10)16-12/h3-4,7-8,14H,5-6H2,1-2H3,(H,15,16). The molecule has 0 bridgehead atoms. The number of nitrogens with zero attached hydrogens (tertiary/aromatic N) is 1. The van der Waals surface area contributed by atoms with Gasteiger partial charge in [0, 0.05) is 12.6 Å². The van der Waals surface area contributed by atoms with Gasteiger partial charge in [-0.3, -0.25) is 0 Å². The molecule has 4 nitrogen and oxygen atoms in total. The van der Waals surface area contributed by atoms with Gasteiger partial charge in [0.1, 0.15) is 12.4 Å². The Hall–Kier alpha value is -1.62. The smallest absolute Gasteiger partial charge is 0.294 e. The lowest BCUT2D eigenvalue weighted by molar-refractivity contribution is 0.289. The monoisotopic (exact) mass is 237 g/mol. The van der Waals surface area contributed by atoms with Crippen LogP contribution in [0, 0.1) is 5.82 Å². The molecule has 17 heavy (non-hydrogen) atoms. The molecular formula is C12H16FN3O. The lowest BCUT2D eigenvalue weighted by Gasteiger charge is -2.07. The molecule has 0 aliphatic rings. The fourth-order valence-electron chi connectivity index (χ4n) is 1.52. The highest BCUT2D eigenvalue weighted by Crippen LogP contribution is 2.16. The van der Waals surface area contributed by atoms with E-state index in [0.717, 1.165) is 6.54 Å². The first-order valence-electron chi connectivity index (χ1n) is 5.66. The lowest BCUT2D eigenvalue weighted by Crippen LogP contribution is -2.27. The average molecular weight is 237 g/mol. The van der Waals surface area contributed by atoms with Gasteiger partial charge in [0.05, 0.1) is 11.0 Å². The first kappa shape index (κ1) is 11.9. The molecule has 1 heterocycles. The van der Waals surface area contributed by atoms with Crippen LogP contribution in [0.5, 0.6) is 6.01 Å². The summed E-state index contributed by atoms with van der Waals surface area (Å²) in [4.78, 5) is 7.12. The number of benzene rings is 1. The number of fused-ring (bicyclic) bond motifs is 1. The Morgan fingerprint density at radius 3 is 3.06 bits per heavy atom. The van der Waals surface area contributed by atoms with Crippen molar-refractivity contribution in [2.75, 3.05) is 13.2 Å². The minimum atomic E-state index is -0.283. The summed E-state index contributed by atoms with van der Waals surface area (Å²) < 4.78 is 18.4. The molecule has 0 aliphatic carbocycles. The highest BCUT2D eigenvalue weighted by molar-refractivity contribution is 5.75. The second-order valence-electron chi connectivity index (χ2n) is 4.16. The molecule has 0 amide bonds. The zero-order chi connectivity index (χ0) is 12.3. The van der Waals surface area contributed by atoms with E-state index in [4.69, 9.17) is 4.74 Å². The first-order valence-corrected chi connectivity index (χ1v) is 5.66. The number of ether oxygens (including phenoxy) is 1. The topological polar surface area (TPSA) is 49.9 Å². The van der Waals surface area contributed by atoms with Crippen molar-refractivity contribution in [3.05, 3.63) is 24.0 Å². The highest BCUT2D eigenvalue weighted by atomic mass is 19.1. The Labute approximate surface area is 99.2 Å². The first-order chi connectivity index (χ1) is 8.15. The summed E-state index contributed by atoms with van der Waals surface area (Å²) in [5.74, 6) is -0.283. The maximum Gasteiger partial charge on any atom is 0.294 e. The van der Waals surface area contributed by atoms with E-state index in [9.17, 15) is 4.39 Å². The normalized spacial score (nSPS) is 11.3. The third-order valence-electron chi connectivity index (χ3n) is 2.32. The van der Waals surface area contributed by atoms with Crippen LogP contribution >= 0.6 is 0 Å². The fourth-order valence-corrected chi connectivity index (χ4v) is 1.52. The van der Waals surface area contributed by atoms with E-state index in [1.165, 1.54) is 12.1 Å². The Balaban J connectivity index is 1.95. The summed E-state index contributed by atoms with van der Waals surface area (Å²) >= 11 is 0. The van der Waals surface area contributed by atoms with Crippen molar-refractivity contribution in [3.63, 3.8) is 0 Å². The number of H-pyrrole nitrogens is 1. The van der Waals surface area contributed by atoms with Gasteiger partial charge in [-0.25, -0.2) is 4.39 Å². The zero-order valence-corrected chi connectivity index (χ0v) is 9.96. The second kappa shape index (κ2) is 5.14. The molecule has 2 aromatic rings. The van der Waals surface area contributed by atoms with Crippen LogP contribution in [0.15, 0.2) is 18.2 Å². The Bertz CT molecular complexity index is 495. The van der Waals surface area contributed by atoms with Gasteiger partial charge in [-0.1, -0.05) is 13.8 Å². The summed E-state index contributed by atoms with van der Waals surface area (Å²) in [6.45, 7) is 5.43. The van der Waals surface area contributed by atoms with Crippen LogP contribution in [-0.4, -0.2) is 29.2 Å². The number of nitrogens with one attached hydrogen (secondary N) is 2. The summed E-state index contributed by atoms with van der Waals surface area (Å²) in [6, 6.07) is 5.27. The molecule has 0 fully saturated rings. The van der Waals surface area contributed by atoms with Gasteiger partial charge in [0.25, 0.3) is 6.01 Å². The third-order valence-corrected chi connectivity index (χ3v) is 2.32. The zero-order valence-electron chi connectivity index (χ0n) is 9.96. The molecule has 0 saturated carbocycles. The molecule has 2 rings (SSSR count). The quantitative estimate of drug-likeness (QED) is 0.783. The van der Waals surface area contributed by atoms with Crippen molar-refractivity contribution in [1.82, 2.24) is 15.3 Å². The Morgan fingerprint density at radius 1 is 1.47 bits per heavy atom. The van der Waals surface area contributed by atoms with E-state index in [1.54, 1.807) is 6.07 Å². The molecule has 0 spiro atoms. The molecule has 0 saturated heterocycles. The SMILES string of the molecule is CC(C)NCCOc1nc2ccc(F)cc2[nH]1. The molecule has 1 aromatic heterocycles. The van der Waals surface area contributed by atoms with Gasteiger partial charge in [0.2, 0.25) is 0 Å². The van der Waals surface area contributed by atoms with Crippen molar-refractivity contribution in [3.8, 4) is 6.01 Å². The fraction of sp³-hybridized carbons (Fsp3) is 0.417. The number of halogens is 1. The van der Waals surface area contributed by atoms with Crippen LogP contribution in [0.3, 0.4) is 0 Å². The molecule has 0 radical (unpaired) electrons. The molecule has 2 N–H and O–H groups in total. The Kier molecular flexibility index (Phi) is 3.58. The minimum absolute atomic E-state index is 0.283. The van der Waals surface area contributed by atoms with Gasteiger partial charge in [-0.05, 0) is 18.2 Å². The summed E-state index contributed by atoms with van der Waals surface area (Å²) in [5, 5.41) is 3.23. The van der Waals surface area contributed by atoms with Gasteiger partial charge in [-0.2, -0.15) is 4.98 Å². The maximum atomic E-state index is 12.9. The summed E-state index contributed by atoms with van der Waals surface area (Å²) in [5.41, 5.74) is 1.36. The second-order valence-corrected chi connectivity index (χ2v) is 4.16. The van der Waals surface area contributed by atoms with E-state index in [0.29, 0.717) is 29.7 Å². The number of rotatable bonds is 5. The van der Waals surface area contributed by atoms with Crippen molar-refractivity contribution in [2.45, 2.75) is 19.9 Å². The van der Waals surface area contributed by atoms with Crippen molar-refractivity contribution >= 4 is 11.0 Å². The number of aromatic nitrogens is 2. The molecule has 0 aliphatic heterocycles. The largest absolute Gasteiger partial charge is 0.463 e. The number of aromatic amines is 1. The van der Waals surface area contributed by atoms with Gasteiger partial charge < -0.3 is 15.0 Å². The van der Waals surface area contributed by atoms with Gasteiger partial charge in [0.15, 0.2) is 0 Å². The van der Waals surface area contributed by atoms with Crippen LogP contribution < -0.4 is 10.1 Å². The number of imidazole rings is 1. The van der Waals surface area contributed by atoms with Gasteiger partial charge in [-0.15, -0.1) is 0 Å². The van der Waals surface area contributed by atoms with Crippen LogP contribution in [0.2, 0.25) is 0 Å². The molecule has 0 unspecified atom stereocenters. The molecule has 5 heteroatoms. The van der Waals surface area contributed by atoms with Crippen molar-refractivity contribution < 1.29 is 9.13 Å². The molecule has 0 atom stereocenters. The lowest BCUT2D eigenvalue weighted by atomic mass is 10.3. The number of hydrogen-bond acceptors (Lipinski definition) is 3. The Morgan fingerprint density at radius 2 is 2.29 bits per heavy atom. The van der Waals surface area contributed by atoms with E-state index in [1.807, 2.05) is 0 Å². The maximum absolute atomic E-state index is 12.9. The summed E-state index contributed by atoms with van der Waals surface area (Å²) in [7, 11) is 0. The molecule has 92 valence electrons. The summed E-state index contributed by atoms with van der Waals surface area (Å²) in [6.07, 6.45) is 0. The van der Waals surface area contributed by atoms with Crippen molar-refractivity contribution in [1.29, 1.82) is 0 Å². The van der Waals surface area contributed by atoms with Crippen LogP contribution in [0.4, 0.5) is 4.39 Å². The van der Waals surface area contributed by atoms with Gasteiger partial charge >= 0.3 is 0 Å². The highest BCUT2D eigenvalue weighted by Gasteiger charge is 2.04. The molecule has 1 aromatic carbocycles. The predicted molar refractivity (Wildman–Crippen MR) is 64.7 cm³/mol. The van der Waals surface area contributed by atoms with E-state index in [-0.39, 0.29) is 5.82 Å². The molecular weight excluding hydrogens is 221 g/mol. The van der Waals surface area contributed by atoms with E-state index >= 15 is 0 Å². The predicted octanol–water partition coefficient (Wildman–Crippen LogP) is 2.08. The van der Waals surface area contributed by atoms with Crippen molar-refractivity contribution in [2.24, 2.45) is 0 Å². The van der Waals surface area contributed by atoms with E-state index < -0.39 is 0 Å². The van der Waals surface area contributed by atoms with Crippen LogP contribution in [-0.2, 0) is 0 Å². The number of hydrogen-bond donors (Lipinski definition) is 2. The average Bonchev–Trinajstić information content (AvgIpc) is 2.66. The van der Waals surface area contributed by atoms with Crippen LogP contribution in [0.1, 0.15) is 13.8 Å². The third kappa shape index (κ3) is 3.17. The van der Waals surface area contributed by atoms with E-state index in [2.05, 4.69) is 29.1 Å². The minimum Gasteiger partial charge on any atom is -0.463 e.